The number of benzene rings is 2. The summed E-state index contributed by atoms with van der Waals surface area (Å²) in [6.07, 6.45) is 0. The number of halogens is 1. The van der Waals surface area contributed by atoms with E-state index in [0.717, 1.165) is 43.4 Å². The van der Waals surface area contributed by atoms with Gasteiger partial charge in [-0.3, -0.25) is 0 Å². The molecule has 2 heterocycles. The van der Waals surface area contributed by atoms with E-state index < -0.39 is 0 Å². The number of hydrogen-bond donors (Lipinski definition) is 3. The quantitative estimate of drug-likeness (QED) is 0.597. The molecular weight excluding hydrogens is 386 g/mol. The van der Waals surface area contributed by atoms with Gasteiger partial charge in [0.25, 0.3) is 0 Å². The van der Waals surface area contributed by atoms with Crippen molar-refractivity contribution in [1.82, 2.24) is 15.0 Å². The molecule has 0 unspecified atom stereocenters. The largest absolute Gasteiger partial charge is 0.368 e. The summed E-state index contributed by atoms with van der Waals surface area (Å²) in [6, 6.07) is 16.1. The van der Waals surface area contributed by atoms with Crippen LogP contribution < -0.4 is 20.9 Å². The average Bonchev–Trinajstić information content (AvgIpc) is 2.68. The van der Waals surface area contributed by atoms with E-state index in [0.29, 0.717) is 11.8 Å². The molecule has 0 radical (unpaired) electrons. The monoisotopic (exact) mass is 410 g/mol. The number of nitrogens with two attached hydrogens (primary N) is 1. The highest BCUT2D eigenvalue weighted by atomic mass is 35.5. The number of hydrogen-bond acceptors (Lipinski definition) is 6. The zero-order valence-electron chi connectivity index (χ0n) is 16.4. The number of rotatable bonds is 5. The van der Waals surface area contributed by atoms with E-state index in [9.17, 15) is 0 Å². The fraction of sp³-hybridized carbons (Fsp3) is 0.286. The molecule has 1 saturated heterocycles. The maximum Gasteiger partial charge on any atom is 0.232 e. The first kappa shape index (κ1) is 19.4. The lowest BCUT2D eigenvalue weighted by atomic mass is 10.2. The van der Waals surface area contributed by atoms with Crippen molar-refractivity contribution < 1.29 is 4.90 Å². The van der Waals surface area contributed by atoms with E-state index >= 15 is 0 Å². The van der Waals surface area contributed by atoms with Gasteiger partial charge in [0.15, 0.2) is 5.82 Å². The molecule has 150 valence electrons. The molecular formula is C21H25ClN7+. The number of aromatic nitrogens is 3. The van der Waals surface area contributed by atoms with Crippen LogP contribution in [0.2, 0.25) is 5.02 Å². The van der Waals surface area contributed by atoms with Crippen molar-refractivity contribution in [3.63, 3.8) is 0 Å². The number of nitrogen functional groups attached to an aromatic ring is 1. The Bertz CT molecular complexity index is 986. The minimum Gasteiger partial charge on any atom is -0.368 e. The van der Waals surface area contributed by atoms with E-state index in [4.69, 9.17) is 17.3 Å². The van der Waals surface area contributed by atoms with Gasteiger partial charge in [0.1, 0.15) is 6.54 Å². The van der Waals surface area contributed by atoms with Gasteiger partial charge in [-0.05, 0) is 42.8 Å². The molecule has 1 aliphatic heterocycles. The van der Waals surface area contributed by atoms with E-state index in [2.05, 4.69) is 31.2 Å². The highest BCUT2D eigenvalue weighted by Gasteiger charge is 2.22. The smallest absolute Gasteiger partial charge is 0.232 e. The SMILES string of the molecule is Cc1cccc(Nc2nc(N)nc(C[NH+]3CCN(c4cccc(Cl)c4)CC3)n2)c1. The Morgan fingerprint density at radius 2 is 1.86 bits per heavy atom. The van der Waals surface area contributed by atoms with Crippen LogP contribution in [0, 0.1) is 6.92 Å². The highest BCUT2D eigenvalue weighted by molar-refractivity contribution is 6.30. The van der Waals surface area contributed by atoms with Crippen LogP contribution in [-0.4, -0.2) is 41.1 Å². The summed E-state index contributed by atoms with van der Waals surface area (Å²) >= 11 is 6.12. The Hall–Kier alpha value is -2.90. The maximum absolute atomic E-state index is 6.12. The van der Waals surface area contributed by atoms with Crippen molar-refractivity contribution in [1.29, 1.82) is 0 Å². The number of anilines is 4. The number of nitrogens with one attached hydrogen (secondary N) is 2. The molecule has 4 rings (SSSR count). The zero-order chi connectivity index (χ0) is 20.2. The van der Waals surface area contributed by atoms with Gasteiger partial charge in [-0.2, -0.15) is 15.0 Å². The predicted octanol–water partition coefficient (Wildman–Crippen LogP) is 2.06. The van der Waals surface area contributed by atoms with Crippen LogP contribution in [0.5, 0.6) is 0 Å². The second kappa shape index (κ2) is 8.63. The molecule has 2 aromatic carbocycles. The van der Waals surface area contributed by atoms with Gasteiger partial charge in [0.05, 0.1) is 26.2 Å². The normalized spacial score (nSPS) is 14.8. The van der Waals surface area contributed by atoms with E-state index in [1.54, 1.807) is 0 Å². The molecule has 0 spiro atoms. The van der Waals surface area contributed by atoms with E-state index in [1.165, 1.54) is 16.2 Å². The van der Waals surface area contributed by atoms with Crippen LogP contribution in [0.1, 0.15) is 11.4 Å². The Balaban J connectivity index is 1.39. The van der Waals surface area contributed by atoms with Gasteiger partial charge in [0, 0.05) is 16.4 Å². The topological polar surface area (TPSA) is 84.4 Å². The summed E-state index contributed by atoms with van der Waals surface area (Å²) in [4.78, 5) is 16.9. The lowest BCUT2D eigenvalue weighted by molar-refractivity contribution is -0.915. The number of nitrogens with zero attached hydrogens (tertiary/aromatic N) is 4. The predicted molar refractivity (Wildman–Crippen MR) is 117 cm³/mol. The van der Waals surface area contributed by atoms with Crippen LogP contribution in [0.4, 0.5) is 23.3 Å². The zero-order valence-corrected chi connectivity index (χ0v) is 17.2. The van der Waals surface area contributed by atoms with Gasteiger partial charge in [-0.25, -0.2) is 0 Å². The van der Waals surface area contributed by atoms with E-state index in [-0.39, 0.29) is 5.95 Å². The summed E-state index contributed by atoms with van der Waals surface area (Å²) < 4.78 is 0. The molecule has 0 aliphatic carbocycles. The average molecular weight is 411 g/mol. The molecule has 4 N–H and O–H groups in total. The fourth-order valence-electron chi connectivity index (χ4n) is 3.58. The van der Waals surface area contributed by atoms with Crippen molar-refractivity contribution in [3.8, 4) is 0 Å². The molecule has 3 aromatic rings. The van der Waals surface area contributed by atoms with Gasteiger partial charge < -0.3 is 20.9 Å². The first-order chi connectivity index (χ1) is 14.0. The van der Waals surface area contributed by atoms with Crippen molar-refractivity contribution >= 4 is 34.9 Å². The second-order valence-corrected chi connectivity index (χ2v) is 7.76. The standard InChI is InChI=1S/C21H24ClN7/c1-15-4-2-6-17(12-15)24-21-26-19(25-20(23)27-21)14-28-8-10-29(11-9-28)18-7-3-5-16(22)13-18/h2-7,12-13H,8-11,14H2,1H3,(H3,23,24,25,26,27)/p+1. The summed E-state index contributed by atoms with van der Waals surface area (Å²) in [5, 5.41) is 3.99. The van der Waals surface area contributed by atoms with Crippen molar-refractivity contribution in [2.24, 2.45) is 0 Å². The maximum atomic E-state index is 6.12. The molecule has 1 aliphatic rings. The minimum absolute atomic E-state index is 0.238. The third-order valence-corrected chi connectivity index (χ3v) is 5.26. The fourth-order valence-corrected chi connectivity index (χ4v) is 3.76. The van der Waals surface area contributed by atoms with Crippen molar-refractivity contribution in [3.05, 3.63) is 64.9 Å². The van der Waals surface area contributed by atoms with Crippen LogP contribution in [-0.2, 0) is 6.54 Å². The van der Waals surface area contributed by atoms with Gasteiger partial charge in [-0.1, -0.05) is 29.8 Å². The van der Waals surface area contributed by atoms with Gasteiger partial charge >= 0.3 is 0 Å². The summed E-state index contributed by atoms with van der Waals surface area (Å²) in [7, 11) is 0. The lowest BCUT2D eigenvalue weighted by Crippen LogP contribution is -3.13. The highest BCUT2D eigenvalue weighted by Crippen LogP contribution is 2.19. The first-order valence-electron chi connectivity index (χ1n) is 9.73. The van der Waals surface area contributed by atoms with E-state index in [1.807, 2.05) is 49.4 Å². The molecule has 7 nitrogen and oxygen atoms in total. The molecule has 0 bridgehead atoms. The van der Waals surface area contributed by atoms with Crippen LogP contribution >= 0.6 is 11.6 Å². The third-order valence-electron chi connectivity index (χ3n) is 5.03. The number of piperazine rings is 1. The molecule has 1 fully saturated rings. The van der Waals surface area contributed by atoms with Crippen LogP contribution in [0.15, 0.2) is 48.5 Å². The Morgan fingerprint density at radius 3 is 2.62 bits per heavy atom. The summed E-state index contributed by atoms with van der Waals surface area (Å²) in [5.74, 6) is 1.43. The second-order valence-electron chi connectivity index (χ2n) is 7.32. The van der Waals surface area contributed by atoms with Crippen LogP contribution in [0.25, 0.3) is 0 Å². The first-order valence-corrected chi connectivity index (χ1v) is 10.1. The molecule has 29 heavy (non-hydrogen) atoms. The molecule has 8 heteroatoms. The third kappa shape index (κ3) is 5.13. The van der Waals surface area contributed by atoms with Gasteiger partial charge in [-0.15, -0.1) is 0 Å². The lowest BCUT2D eigenvalue weighted by Gasteiger charge is -2.33. The van der Waals surface area contributed by atoms with Crippen LogP contribution in [0.3, 0.4) is 0 Å². The molecule has 0 saturated carbocycles. The minimum atomic E-state index is 0.238. The molecule has 0 amide bonds. The van der Waals surface area contributed by atoms with Gasteiger partial charge in [0.2, 0.25) is 11.9 Å². The Labute approximate surface area is 175 Å². The van der Waals surface area contributed by atoms with Crippen molar-refractivity contribution in [2.75, 3.05) is 42.1 Å². The Morgan fingerprint density at radius 1 is 1.07 bits per heavy atom. The Kier molecular flexibility index (Phi) is 5.78. The molecule has 0 atom stereocenters. The number of quaternary nitrogens is 1. The summed E-state index contributed by atoms with van der Waals surface area (Å²) in [5.41, 5.74) is 9.20. The number of aryl methyl sites for hydroxylation is 1. The van der Waals surface area contributed by atoms with Crippen molar-refractivity contribution in [2.45, 2.75) is 13.5 Å². The molecule has 1 aromatic heterocycles. The summed E-state index contributed by atoms with van der Waals surface area (Å²) in [6.45, 7) is 6.69.